The van der Waals surface area contributed by atoms with Gasteiger partial charge in [0, 0.05) is 13.6 Å². The first kappa shape index (κ1) is 15.1. The Balaban J connectivity index is 2.49. The third-order valence-corrected chi connectivity index (χ3v) is 2.91. The Bertz CT molecular complexity index is 474. The molecule has 1 aromatic rings. The predicted molar refractivity (Wildman–Crippen MR) is 69.1 cm³/mol. The van der Waals surface area contributed by atoms with Crippen LogP contribution in [-0.4, -0.2) is 37.5 Å². The molecular formula is C14H18FNO3. The number of carbonyl (C=O) groups is 2. The standard InChI is InChI=1S/C14H18FNO3/c1-10-8-11(4-5-12(10)15)6-7-16(2)13(17)9-14(18)19-3/h4-5,8H,6-7,9H2,1-3H3. The van der Waals surface area contributed by atoms with E-state index in [1.807, 2.05) is 0 Å². The number of aryl methyl sites for hydroxylation is 1. The normalized spacial score (nSPS) is 10.1. The first-order valence-corrected chi connectivity index (χ1v) is 6.00. The fourth-order valence-electron chi connectivity index (χ4n) is 1.61. The number of hydrogen-bond acceptors (Lipinski definition) is 3. The molecule has 0 heterocycles. The van der Waals surface area contributed by atoms with Gasteiger partial charge in [-0.1, -0.05) is 12.1 Å². The summed E-state index contributed by atoms with van der Waals surface area (Å²) in [6.45, 7) is 2.17. The van der Waals surface area contributed by atoms with Gasteiger partial charge in [-0.3, -0.25) is 9.59 Å². The summed E-state index contributed by atoms with van der Waals surface area (Å²) in [5, 5.41) is 0. The van der Waals surface area contributed by atoms with Gasteiger partial charge in [-0.25, -0.2) is 4.39 Å². The van der Waals surface area contributed by atoms with Gasteiger partial charge in [0.05, 0.1) is 7.11 Å². The van der Waals surface area contributed by atoms with E-state index in [0.717, 1.165) is 5.56 Å². The highest BCUT2D eigenvalue weighted by molar-refractivity contribution is 5.94. The van der Waals surface area contributed by atoms with Crippen LogP contribution < -0.4 is 0 Å². The fraction of sp³-hybridized carbons (Fsp3) is 0.429. The molecule has 0 bridgehead atoms. The lowest BCUT2D eigenvalue weighted by Crippen LogP contribution is -2.30. The highest BCUT2D eigenvalue weighted by atomic mass is 19.1. The zero-order chi connectivity index (χ0) is 14.4. The molecule has 0 unspecified atom stereocenters. The number of methoxy groups -OCH3 is 1. The molecule has 0 aromatic heterocycles. The van der Waals surface area contributed by atoms with Gasteiger partial charge in [0.15, 0.2) is 0 Å². The average Bonchev–Trinajstić information content (AvgIpc) is 2.39. The summed E-state index contributed by atoms with van der Waals surface area (Å²) in [7, 11) is 2.87. The van der Waals surface area contributed by atoms with E-state index in [9.17, 15) is 14.0 Å². The fourth-order valence-corrected chi connectivity index (χ4v) is 1.61. The quantitative estimate of drug-likeness (QED) is 0.602. The summed E-state index contributed by atoms with van der Waals surface area (Å²) >= 11 is 0. The molecule has 104 valence electrons. The van der Waals surface area contributed by atoms with Gasteiger partial charge >= 0.3 is 5.97 Å². The van der Waals surface area contributed by atoms with Crippen LogP contribution in [0.5, 0.6) is 0 Å². The second-order valence-electron chi connectivity index (χ2n) is 4.40. The van der Waals surface area contributed by atoms with Crippen molar-refractivity contribution < 1.29 is 18.7 Å². The molecule has 1 rings (SSSR count). The van der Waals surface area contributed by atoms with Gasteiger partial charge in [0.1, 0.15) is 12.2 Å². The maximum absolute atomic E-state index is 13.1. The number of rotatable bonds is 5. The summed E-state index contributed by atoms with van der Waals surface area (Å²) in [6.07, 6.45) is 0.361. The van der Waals surface area contributed by atoms with E-state index in [1.54, 1.807) is 26.1 Å². The maximum atomic E-state index is 13.1. The van der Waals surface area contributed by atoms with E-state index in [-0.39, 0.29) is 18.1 Å². The van der Waals surface area contributed by atoms with E-state index in [2.05, 4.69) is 4.74 Å². The summed E-state index contributed by atoms with van der Waals surface area (Å²) in [6, 6.07) is 4.87. The molecular weight excluding hydrogens is 249 g/mol. The van der Waals surface area contributed by atoms with Crippen molar-refractivity contribution in [1.29, 1.82) is 0 Å². The zero-order valence-electron chi connectivity index (χ0n) is 11.4. The van der Waals surface area contributed by atoms with Crippen LogP contribution in [0.15, 0.2) is 18.2 Å². The van der Waals surface area contributed by atoms with Crippen molar-refractivity contribution in [3.63, 3.8) is 0 Å². The molecule has 0 aliphatic heterocycles. The number of likely N-dealkylation sites (N-methyl/N-ethyl adjacent to an activating group) is 1. The van der Waals surface area contributed by atoms with Crippen LogP contribution >= 0.6 is 0 Å². The second kappa shape index (κ2) is 6.87. The summed E-state index contributed by atoms with van der Waals surface area (Å²) in [5.74, 6) is -1.07. The van der Waals surface area contributed by atoms with Gasteiger partial charge < -0.3 is 9.64 Å². The van der Waals surface area contributed by atoms with Crippen molar-refractivity contribution in [3.05, 3.63) is 35.1 Å². The molecule has 0 spiro atoms. The Labute approximate surface area is 112 Å². The van der Waals surface area contributed by atoms with Crippen molar-refractivity contribution in [2.45, 2.75) is 19.8 Å². The molecule has 5 heteroatoms. The molecule has 0 atom stereocenters. The first-order valence-electron chi connectivity index (χ1n) is 6.00. The highest BCUT2D eigenvalue weighted by Crippen LogP contribution is 2.10. The topological polar surface area (TPSA) is 46.6 Å². The van der Waals surface area contributed by atoms with E-state index in [1.165, 1.54) is 18.1 Å². The van der Waals surface area contributed by atoms with Gasteiger partial charge in [0.2, 0.25) is 5.91 Å². The largest absolute Gasteiger partial charge is 0.469 e. The lowest BCUT2D eigenvalue weighted by Gasteiger charge is -2.16. The van der Waals surface area contributed by atoms with Crippen LogP contribution in [0.4, 0.5) is 4.39 Å². The summed E-state index contributed by atoms with van der Waals surface area (Å²) in [5.41, 5.74) is 1.54. The number of nitrogens with zero attached hydrogens (tertiary/aromatic N) is 1. The Morgan fingerprint density at radius 3 is 2.63 bits per heavy atom. The van der Waals surface area contributed by atoms with Crippen molar-refractivity contribution in [1.82, 2.24) is 4.90 Å². The average molecular weight is 267 g/mol. The molecule has 0 aliphatic carbocycles. The monoisotopic (exact) mass is 267 g/mol. The molecule has 0 aliphatic rings. The van der Waals surface area contributed by atoms with Crippen LogP contribution in [0.1, 0.15) is 17.5 Å². The molecule has 1 amide bonds. The smallest absolute Gasteiger partial charge is 0.315 e. The van der Waals surface area contributed by atoms with Gasteiger partial charge in [-0.15, -0.1) is 0 Å². The van der Waals surface area contributed by atoms with Gasteiger partial charge in [-0.2, -0.15) is 0 Å². The number of halogens is 1. The van der Waals surface area contributed by atoms with Crippen molar-refractivity contribution in [3.8, 4) is 0 Å². The molecule has 0 saturated carbocycles. The zero-order valence-corrected chi connectivity index (χ0v) is 11.4. The molecule has 4 nitrogen and oxygen atoms in total. The lowest BCUT2D eigenvalue weighted by molar-refractivity contribution is -0.146. The molecule has 1 aromatic carbocycles. The number of benzene rings is 1. The van der Waals surface area contributed by atoms with Crippen LogP contribution in [0.2, 0.25) is 0 Å². The van der Waals surface area contributed by atoms with E-state index < -0.39 is 5.97 Å². The number of esters is 1. The van der Waals surface area contributed by atoms with Crippen molar-refractivity contribution >= 4 is 11.9 Å². The van der Waals surface area contributed by atoms with E-state index in [4.69, 9.17) is 0 Å². The van der Waals surface area contributed by atoms with Gasteiger partial charge in [0.25, 0.3) is 0 Å². The Morgan fingerprint density at radius 2 is 2.05 bits per heavy atom. The number of carbonyl (C=O) groups excluding carboxylic acids is 2. The molecule has 0 N–H and O–H groups in total. The van der Waals surface area contributed by atoms with Gasteiger partial charge in [-0.05, 0) is 30.5 Å². The summed E-state index contributed by atoms with van der Waals surface area (Å²) in [4.78, 5) is 24.1. The number of ether oxygens (including phenoxy) is 1. The third kappa shape index (κ3) is 4.69. The molecule has 0 fully saturated rings. The Kier molecular flexibility index (Phi) is 5.48. The van der Waals surface area contributed by atoms with Crippen LogP contribution in [0.25, 0.3) is 0 Å². The van der Waals surface area contributed by atoms with E-state index in [0.29, 0.717) is 18.5 Å². The van der Waals surface area contributed by atoms with Crippen LogP contribution in [0.3, 0.4) is 0 Å². The van der Waals surface area contributed by atoms with Crippen LogP contribution in [0, 0.1) is 12.7 Å². The minimum absolute atomic E-state index is 0.237. The third-order valence-electron chi connectivity index (χ3n) is 2.91. The first-order chi connectivity index (χ1) is 8.93. The Morgan fingerprint density at radius 1 is 1.37 bits per heavy atom. The Hall–Kier alpha value is -1.91. The van der Waals surface area contributed by atoms with Crippen LogP contribution in [-0.2, 0) is 20.7 Å². The second-order valence-corrected chi connectivity index (χ2v) is 4.40. The maximum Gasteiger partial charge on any atom is 0.315 e. The molecule has 0 saturated heterocycles. The minimum atomic E-state index is -0.547. The SMILES string of the molecule is COC(=O)CC(=O)N(C)CCc1ccc(F)c(C)c1. The highest BCUT2D eigenvalue weighted by Gasteiger charge is 2.14. The molecule has 0 radical (unpaired) electrons. The van der Waals surface area contributed by atoms with E-state index >= 15 is 0 Å². The number of hydrogen-bond donors (Lipinski definition) is 0. The predicted octanol–water partition coefficient (Wildman–Crippen LogP) is 1.70. The van der Waals surface area contributed by atoms with Crippen molar-refractivity contribution in [2.75, 3.05) is 20.7 Å². The van der Waals surface area contributed by atoms with Crippen molar-refractivity contribution in [2.24, 2.45) is 0 Å². The summed E-state index contributed by atoms with van der Waals surface area (Å²) < 4.78 is 17.5. The molecule has 19 heavy (non-hydrogen) atoms. The minimum Gasteiger partial charge on any atom is -0.469 e. The lowest BCUT2D eigenvalue weighted by atomic mass is 10.1. The number of amides is 1.